The molecule has 1 atom stereocenters. The summed E-state index contributed by atoms with van der Waals surface area (Å²) in [6.45, 7) is 6.72. The van der Waals surface area contributed by atoms with Crippen LogP contribution in [0.4, 0.5) is 0 Å². The van der Waals surface area contributed by atoms with Gasteiger partial charge in [-0.05, 0) is 96.3 Å². The normalized spacial score (nSPS) is 12.9. The molecule has 0 bridgehead atoms. The largest absolute Gasteiger partial charge is 0.479 e. The summed E-state index contributed by atoms with van der Waals surface area (Å²) in [5.74, 6) is -0.752. The molecule has 0 aromatic carbocycles. The molecule has 0 fully saturated rings. The Bertz CT molecular complexity index is 1030. The van der Waals surface area contributed by atoms with Crippen LogP contribution in [0.5, 0.6) is 0 Å². The summed E-state index contributed by atoms with van der Waals surface area (Å²) in [5.41, 5.74) is -0.852. The Balaban J connectivity index is 5.17. The number of carboxylic acids is 1. The van der Waals surface area contributed by atoms with E-state index in [-0.39, 0.29) is 18.0 Å². The number of carbonyl (C=O) groups is 3. The Hall–Kier alpha value is -2.27. The number of ketones is 2. The third-order valence-corrected chi connectivity index (χ3v) is 12.1. The standard InChI is InChI=1S/C54H96O5/c1-4-7-10-13-16-18-20-22-24-26-28-30-32-36-41-46-51(56)54(48-43-38-15-12-9-6-3,49-44-39-34-35-40-45-50(55)53(58)59)52(57)47-42-37-33-31-29-27-25-23-21-19-17-14-11-8-5-2/h16-19,22-25,50,55H,4-15,20-21,26-49H2,1-3H3,(H,58,59)/b18-16-,19-17-,24-22-,25-23-. The van der Waals surface area contributed by atoms with Crippen molar-refractivity contribution in [2.75, 3.05) is 0 Å². The van der Waals surface area contributed by atoms with Crippen LogP contribution in [-0.4, -0.2) is 33.9 Å². The molecule has 0 saturated heterocycles. The summed E-state index contributed by atoms with van der Waals surface area (Å²) in [6.07, 6.45) is 56.2. The van der Waals surface area contributed by atoms with Crippen LogP contribution in [0.3, 0.4) is 0 Å². The lowest BCUT2D eigenvalue weighted by molar-refractivity contribution is -0.147. The summed E-state index contributed by atoms with van der Waals surface area (Å²) in [7, 11) is 0. The first kappa shape index (κ1) is 56.7. The average Bonchev–Trinajstić information content (AvgIpc) is 3.23. The smallest absolute Gasteiger partial charge is 0.332 e. The molecule has 0 aromatic heterocycles. The highest BCUT2D eigenvalue weighted by atomic mass is 16.4. The second-order valence-electron chi connectivity index (χ2n) is 17.6. The Kier molecular flexibility index (Phi) is 42.1. The number of unbranched alkanes of at least 4 members (excludes halogenated alkanes) is 25. The number of hydrogen-bond donors (Lipinski definition) is 2. The Labute approximate surface area is 365 Å². The highest BCUT2D eigenvalue weighted by Crippen LogP contribution is 2.38. The predicted octanol–water partition coefficient (Wildman–Crippen LogP) is 16.7. The molecule has 0 aliphatic carbocycles. The van der Waals surface area contributed by atoms with E-state index in [1.165, 1.54) is 103 Å². The van der Waals surface area contributed by atoms with Gasteiger partial charge in [0.1, 0.15) is 11.6 Å². The Morgan fingerprint density at radius 3 is 1.10 bits per heavy atom. The second kappa shape index (κ2) is 43.8. The summed E-state index contributed by atoms with van der Waals surface area (Å²) < 4.78 is 0. The zero-order chi connectivity index (χ0) is 43.3. The quantitative estimate of drug-likeness (QED) is 0.0362. The van der Waals surface area contributed by atoms with E-state index < -0.39 is 17.5 Å². The molecule has 0 aliphatic rings. The van der Waals surface area contributed by atoms with Crippen LogP contribution in [0, 0.1) is 5.41 Å². The minimum absolute atomic E-state index is 0.203. The Morgan fingerprint density at radius 1 is 0.407 bits per heavy atom. The second-order valence-corrected chi connectivity index (χ2v) is 17.6. The van der Waals surface area contributed by atoms with Gasteiger partial charge in [-0.1, -0.05) is 204 Å². The van der Waals surface area contributed by atoms with E-state index in [1.807, 2.05) is 0 Å². The minimum Gasteiger partial charge on any atom is -0.479 e. The van der Waals surface area contributed by atoms with E-state index in [0.29, 0.717) is 32.1 Å². The third-order valence-electron chi connectivity index (χ3n) is 12.1. The third kappa shape index (κ3) is 35.1. The first-order valence-electron chi connectivity index (χ1n) is 25.4. The van der Waals surface area contributed by atoms with Crippen molar-refractivity contribution < 1.29 is 24.6 Å². The van der Waals surface area contributed by atoms with E-state index in [2.05, 4.69) is 69.4 Å². The van der Waals surface area contributed by atoms with Gasteiger partial charge in [0.05, 0.1) is 5.41 Å². The van der Waals surface area contributed by atoms with Crippen molar-refractivity contribution >= 4 is 17.5 Å². The van der Waals surface area contributed by atoms with Crippen molar-refractivity contribution in [1.29, 1.82) is 0 Å². The Morgan fingerprint density at radius 2 is 0.712 bits per heavy atom. The SMILES string of the molecule is CCCCC/C=C\C/C=C\CCCCCCCC(=O)C(CCCCCCCC)(CCCCCCCC(O)C(=O)O)C(=O)CCCCCCC/C=C\C/C=C\CCCCC. The number of Topliss-reactive ketones (excluding diaryl/α,β-unsaturated/α-hetero) is 2. The molecule has 0 rings (SSSR count). The molecule has 1 unspecified atom stereocenters. The molecule has 0 radical (unpaired) electrons. The van der Waals surface area contributed by atoms with E-state index in [9.17, 15) is 19.5 Å². The summed E-state index contributed by atoms with van der Waals surface area (Å²) in [4.78, 5) is 39.7. The van der Waals surface area contributed by atoms with Crippen molar-refractivity contribution in [2.24, 2.45) is 5.41 Å². The van der Waals surface area contributed by atoms with E-state index >= 15 is 0 Å². The molecule has 0 aromatic rings. The molecule has 5 nitrogen and oxygen atoms in total. The van der Waals surface area contributed by atoms with E-state index in [0.717, 1.165) is 103 Å². The van der Waals surface area contributed by atoms with Gasteiger partial charge >= 0.3 is 5.97 Å². The van der Waals surface area contributed by atoms with Gasteiger partial charge in [-0.25, -0.2) is 4.79 Å². The lowest BCUT2D eigenvalue weighted by atomic mass is 9.68. The summed E-state index contributed by atoms with van der Waals surface area (Å²) >= 11 is 0. The summed E-state index contributed by atoms with van der Waals surface area (Å²) in [5, 5.41) is 18.6. The maximum absolute atomic E-state index is 14.3. The molecule has 5 heteroatoms. The van der Waals surface area contributed by atoms with Gasteiger partial charge in [-0.15, -0.1) is 0 Å². The van der Waals surface area contributed by atoms with Crippen LogP contribution in [0.15, 0.2) is 48.6 Å². The first-order valence-corrected chi connectivity index (χ1v) is 25.4. The number of hydrogen-bond acceptors (Lipinski definition) is 4. The zero-order valence-corrected chi connectivity index (χ0v) is 39.2. The number of rotatable bonds is 46. The molecule has 0 heterocycles. The van der Waals surface area contributed by atoms with Gasteiger partial charge < -0.3 is 10.2 Å². The topological polar surface area (TPSA) is 91.7 Å². The molecule has 0 saturated carbocycles. The van der Waals surface area contributed by atoms with Crippen LogP contribution >= 0.6 is 0 Å². The maximum Gasteiger partial charge on any atom is 0.332 e. The number of allylic oxidation sites excluding steroid dienone is 8. The number of carbonyl (C=O) groups excluding carboxylic acids is 2. The molecule has 59 heavy (non-hydrogen) atoms. The molecule has 0 amide bonds. The van der Waals surface area contributed by atoms with Gasteiger partial charge in [-0.2, -0.15) is 0 Å². The molecular weight excluding hydrogens is 729 g/mol. The van der Waals surface area contributed by atoms with Gasteiger partial charge in [0, 0.05) is 12.8 Å². The van der Waals surface area contributed by atoms with Crippen LogP contribution in [0.1, 0.15) is 265 Å². The highest BCUT2D eigenvalue weighted by Gasteiger charge is 2.42. The lowest BCUT2D eigenvalue weighted by Crippen LogP contribution is -2.39. The number of aliphatic hydroxyl groups is 1. The van der Waals surface area contributed by atoms with E-state index in [1.54, 1.807) is 0 Å². The number of carboxylic acid groups (broad SMARTS) is 1. The fourth-order valence-corrected chi connectivity index (χ4v) is 8.14. The average molecular weight is 825 g/mol. The maximum atomic E-state index is 14.3. The predicted molar refractivity (Wildman–Crippen MR) is 255 cm³/mol. The van der Waals surface area contributed by atoms with Crippen LogP contribution in [-0.2, 0) is 14.4 Å². The van der Waals surface area contributed by atoms with Crippen molar-refractivity contribution in [2.45, 2.75) is 271 Å². The monoisotopic (exact) mass is 825 g/mol. The van der Waals surface area contributed by atoms with Gasteiger partial charge in [0.25, 0.3) is 0 Å². The number of aliphatic carboxylic acids is 1. The first-order chi connectivity index (χ1) is 28.9. The van der Waals surface area contributed by atoms with Crippen molar-refractivity contribution in [1.82, 2.24) is 0 Å². The van der Waals surface area contributed by atoms with Crippen LogP contribution < -0.4 is 0 Å². The fourth-order valence-electron chi connectivity index (χ4n) is 8.14. The lowest BCUT2D eigenvalue weighted by Gasteiger charge is -2.32. The number of aliphatic hydroxyl groups excluding tert-OH is 1. The molecule has 342 valence electrons. The van der Waals surface area contributed by atoms with E-state index in [4.69, 9.17) is 5.11 Å². The fraction of sp³-hybridized carbons (Fsp3) is 0.796. The molecule has 0 aliphatic heterocycles. The summed E-state index contributed by atoms with van der Waals surface area (Å²) in [6, 6.07) is 0. The van der Waals surface area contributed by atoms with Gasteiger partial charge in [-0.3, -0.25) is 9.59 Å². The highest BCUT2D eigenvalue weighted by molar-refractivity contribution is 6.07. The van der Waals surface area contributed by atoms with Crippen molar-refractivity contribution in [3.05, 3.63) is 48.6 Å². The zero-order valence-electron chi connectivity index (χ0n) is 39.2. The van der Waals surface area contributed by atoms with Crippen LogP contribution in [0.25, 0.3) is 0 Å². The van der Waals surface area contributed by atoms with Crippen molar-refractivity contribution in [3.63, 3.8) is 0 Å². The molecule has 2 N–H and O–H groups in total. The molecular formula is C54H96O5. The van der Waals surface area contributed by atoms with Gasteiger partial charge in [0.15, 0.2) is 6.10 Å². The van der Waals surface area contributed by atoms with Gasteiger partial charge in [0.2, 0.25) is 0 Å². The van der Waals surface area contributed by atoms with Crippen LogP contribution in [0.2, 0.25) is 0 Å². The minimum atomic E-state index is -1.29. The van der Waals surface area contributed by atoms with Crippen molar-refractivity contribution in [3.8, 4) is 0 Å². The molecule has 0 spiro atoms.